The monoisotopic (exact) mass is 459 g/mol. The molecule has 0 amide bonds. The summed E-state index contributed by atoms with van der Waals surface area (Å²) in [7, 11) is 3.49. The molecule has 2 N–H and O–H groups in total. The Labute approximate surface area is 196 Å². The average Bonchev–Trinajstić information content (AvgIpc) is 3.30. The van der Waals surface area contributed by atoms with E-state index in [0.29, 0.717) is 36.4 Å². The number of aromatic nitrogens is 5. The first kappa shape index (κ1) is 21.8. The zero-order chi connectivity index (χ0) is 23.5. The zero-order valence-corrected chi connectivity index (χ0v) is 18.9. The fourth-order valence-electron chi connectivity index (χ4n) is 3.83. The van der Waals surface area contributed by atoms with E-state index < -0.39 is 6.29 Å². The largest absolute Gasteiger partial charge is 0.491 e. The molecule has 0 aliphatic carbocycles. The van der Waals surface area contributed by atoms with E-state index in [1.165, 1.54) is 0 Å². The van der Waals surface area contributed by atoms with Crippen molar-refractivity contribution in [2.24, 2.45) is 7.05 Å². The van der Waals surface area contributed by atoms with Crippen molar-refractivity contribution in [2.75, 3.05) is 37.0 Å². The molecule has 10 nitrogen and oxygen atoms in total. The quantitative estimate of drug-likeness (QED) is 0.450. The van der Waals surface area contributed by atoms with Crippen molar-refractivity contribution in [3.63, 3.8) is 0 Å². The predicted molar refractivity (Wildman–Crippen MR) is 128 cm³/mol. The van der Waals surface area contributed by atoms with Gasteiger partial charge in [0.15, 0.2) is 17.9 Å². The van der Waals surface area contributed by atoms with Gasteiger partial charge in [-0.1, -0.05) is 18.2 Å². The van der Waals surface area contributed by atoms with Crippen LogP contribution < -0.4 is 15.0 Å². The highest BCUT2D eigenvalue weighted by atomic mass is 16.6. The number of rotatable bonds is 6. The molecule has 0 radical (unpaired) electrons. The third kappa shape index (κ3) is 4.54. The van der Waals surface area contributed by atoms with Gasteiger partial charge in [0.05, 0.1) is 26.0 Å². The molecule has 0 unspecified atom stereocenters. The number of aliphatic hydroxyl groups excluding tert-OH is 1. The average molecular weight is 460 g/mol. The summed E-state index contributed by atoms with van der Waals surface area (Å²) in [6, 6.07) is 13.6. The SMILES string of the molecule is COc1c(Nc2ccncc2)nc(N2CCO[C@@H](O)C2)nc1-c1cccc(-c2ccn(C)n2)c1. The summed E-state index contributed by atoms with van der Waals surface area (Å²) in [5, 5.41) is 17.9. The van der Waals surface area contributed by atoms with Crippen molar-refractivity contribution >= 4 is 17.5 Å². The number of hydrogen-bond donors (Lipinski definition) is 2. The first-order valence-corrected chi connectivity index (χ1v) is 10.9. The van der Waals surface area contributed by atoms with E-state index in [4.69, 9.17) is 19.4 Å². The number of pyridine rings is 1. The van der Waals surface area contributed by atoms with Gasteiger partial charge in [0.25, 0.3) is 0 Å². The number of β-amino-alcohol motifs (C(OH)–C–C–N with tert-alkyl or cyclic N) is 1. The molecule has 1 aliphatic heterocycles. The summed E-state index contributed by atoms with van der Waals surface area (Å²) in [5.41, 5.74) is 4.13. The molecule has 34 heavy (non-hydrogen) atoms. The van der Waals surface area contributed by atoms with E-state index in [9.17, 15) is 5.11 Å². The number of aryl methyl sites for hydroxylation is 1. The highest BCUT2D eigenvalue weighted by Gasteiger charge is 2.25. The Balaban J connectivity index is 1.63. The summed E-state index contributed by atoms with van der Waals surface area (Å²) >= 11 is 0. The molecule has 5 rings (SSSR count). The van der Waals surface area contributed by atoms with Crippen LogP contribution in [0.15, 0.2) is 61.1 Å². The Bertz CT molecular complexity index is 1280. The summed E-state index contributed by atoms with van der Waals surface area (Å²) in [6.45, 7) is 1.22. The summed E-state index contributed by atoms with van der Waals surface area (Å²) in [4.78, 5) is 15.6. The lowest BCUT2D eigenvalue weighted by molar-refractivity contribution is -0.104. The van der Waals surface area contributed by atoms with E-state index in [1.54, 1.807) is 24.2 Å². The van der Waals surface area contributed by atoms with Crippen molar-refractivity contribution in [3.8, 4) is 28.3 Å². The topological polar surface area (TPSA) is 110 Å². The molecule has 4 heterocycles. The van der Waals surface area contributed by atoms with Gasteiger partial charge in [0.1, 0.15) is 5.69 Å². The Kier molecular flexibility index (Phi) is 6.07. The second kappa shape index (κ2) is 9.46. The van der Waals surface area contributed by atoms with Crippen molar-refractivity contribution in [3.05, 3.63) is 61.1 Å². The molecule has 1 atom stereocenters. The molecule has 10 heteroatoms. The van der Waals surface area contributed by atoms with Crippen LogP contribution in [0.4, 0.5) is 17.5 Å². The van der Waals surface area contributed by atoms with Gasteiger partial charge >= 0.3 is 0 Å². The first-order chi connectivity index (χ1) is 16.6. The number of anilines is 3. The number of ether oxygens (including phenoxy) is 2. The van der Waals surface area contributed by atoms with E-state index in [0.717, 1.165) is 22.5 Å². The predicted octanol–water partition coefficient (Wildman–Crippen LogP) is 2.85. The number of aliphatic hydroxyl groups is 1. The van der Waals surface area contributed by atoms with Gasteiger partial charge in [-0.15, -0.1) is 0 Å². The Morgan fingerprint density at radius 1 is 1.12 bits per heavy atom. The molecule has 0 bridgehead atoms. The highest BCUT2D eigenvalue weighted by Crippen LogP contribution is 2.38. The molecular formula is C24H25N7O3. The maximum absolute atomic E-state index is 10.0. The van der Waals surface area contributed by atoms with E-state index >= 15 is 0 Å². The van der Waals surface area contributed by atoms with Crippen molar-refractivity contribution in [1.82, 2.24) is 24.7 Å². The van der Waals surface area contributed by atoms with Gasteiger partial charge < -0.3 is 24.8 Å². The number of nitrogens with zero attached hydrogens (tertiary/aromatic N) is 6. The van der Waals surface area contributed by atoms with Crippen LogP contribution in [0, 0.1) is 0 Å². The van der Waals surface area contributed by atoms with Gasteiger partial charge in [0, 0.05) is 49.0 Å². The van der Waals surface area contributed by atoms with E-state index in [2.05, 4.69) is 15.4 Å². The maximum atomic E-state index is 10.0. The van der Waals surface area contributed by atoms with Gasteiger partial charge in [-0.05, 0) is 24.3 Å². The number of morpholine rings is 1. The fourth-order valence-corrected chi connectivity index (χ4v) is 3.83. The normalized spacial score (nSPS) is 15.9. The molecular weight excluding hydrogens is 434 g/mol. The third-order valence-corrected chi connectivity index (χ3v) is 5.48. The first-order valence-electron chi connectivity index (χ1n) is 10.9. The van der Waals surface area contributed by atoms with Gasteiger partial charge in [-0.25, -0.2) is 4.98 Å². The van der Waals surface area contributed by atoms with E-state index in [-0.39, 0.29) is 6.54 Å². The molecule has 1 saturated heterocycles. The number of benzene rings is 1. The smallest absolute Gasteiger partial charge is 0.228 e. The number of nitrogens with one attached hydrogen (secondary N) is 1. The fraction of sp³-hybridized carbons (Fsp3) is 0.250. The summed E-state index contributed by atoms with van der Waals surface area (Å²) in [6.07, 6.45) is 4.41. The summed E-state index contributed by atoms with van der Waals surface area (Å²) < 4.78 is 12.9. The molecule has 3 aromatic heterocycles. The minimum absolute atomic E-state index is 0.272. The maximum Gasteiger partial charge on any atom is 0.228 e. The Morgan fingerprint density at radius 2 is 1.94 bits per heavy atom. The highest BCUT2D eigenvalue weighted by molar-refractivity contribution is 5.79. The van der Waals surface area contributed by atoms with Crippen molar-refractivity contribution in [2.45, 2.75) is 6.29 Å². The van der Waals surface area contributed by atoms with Crippen LogP contribution >= 0.6 is 0 Å². The van der Waals surface area contributed by atoms with Crippen LogP contribution in [-0.4, -0.2) is 62.9 Å². The molecule has 0 spiro atoms. The van der Waals surface area contributed by atoms with Crippen LogP contribution in [0.5, 0.6) is 5.75 Å². The lowest BCUT2D eigenvalue weighted by atomic mass is 10.0. The van der Waals surface area contributed by atoms with Gasteiger partial charge in [0.2, 0.25) is 5.95 Å². The lowest BCUT2D eigenvalue weighted by Crippen LogP contribution is -2.43. The molecule has 174 valence electrons. The standard InChI is InChI=1S/C24H25N7O3/c1-30-11-8-19(29-30)16-4-3-5-17(14-16)21-22(33-2)23(26-18-6-9-25-10-7-18)28-24(27-21)31-12-13-34-20(32)15-31/h3-11,14,20,32H,12-13,15H2,1-2H3,(H,25,26,27,28)/t20-/m1/s1. The van der Waals surface area contributed by atoms with Crippen molar-refractivity contribution < 1.29 is 14.6 Å². The lowest BCUT2D eigenvalue weighted by Gasteiger charge is -2.31. The molecule has 0 saturated carbocycles. The molecule has 1 fully saturated rings. The molecule has 1 aromatic carbocycles. The van der Waals surface area contributed by atoms with Crippen LogP contribution in [-0.2, 0) is 11.8 Å². The second-order valence-electron chi connectivity index (χ2n) is 7.84. The summed E-state index contributed by atoms with van der Waals surface area (Å²) in [5.74, 6) is 1.49. The van der Waals surface area contributed by atoms with E-state index in [1.807, 2.05) is 60.6 Å². The van der Waals surface area contributed by atoms with Crippen LogP contribution in [0.1, 0.15) is 0 Å². The van der Waals surface area contributed by atoms with Gasteiger partial charge in [-0.2, -0.15) is 10.1 Å². The molecule has 4 aromatic rings. The number of methoxy groups -OCH3 is 1. The third-order valence-electron chi connectivity index (χ3n) is 5.48. The van der Waals surface area contributed by atoms with Crippen molar-refractivity contribution in [1.29, 1.82) is 0 Å². The van der Waals surface area contributed by atoms with Crippen LogP contribution in [0.2, 0.25) is 0 Å². The Hall–Kier alpha value is -4.02. The zero-order valence-electron chi connectivity index (χ0n) is 18.9. The Morgan fingerprint density at radius 3 is 2.68 bits per heavy atom. The van der Waals surface area contributed by atoms with Gasteiger partial charge in [-0.3, -0.25) is 9.67 Å². The van der Waals surface area contributed by atoms with Crippen LogP contribution in [0.25, 0.3) is 22.5 Å². The molecule has 1 aliphatic rings. The van der Waals surface area contributed by atoms with Crippen LogP contribution in [0.3, 0.4) is 0 Å². The minimum Gasteiger partial charge on any atom is -0.491 e. The second-order valence-corrected chi connectivity index (χ2v) is 7.84. The minimum atomic E-state index is -0.896. The number of hydrogen-bond acceptors (Lipinski definition) is 9.